The van der Waals surface area contributed by atoms with Crippen LogP contribution in [0.2, 0.25) is 0 Å². The summed E-state index contributed by atoms with van der Waals surface area (Å²) in [6.45, 7) is 3.49. The predicted octanol–water partition coefficient (Wildman–Crippen LogP) is 3.33. The minimum atomic E-state index is -0.106. The zero-order chi connectivity index (χ0) is 20.5. The highest BCUT2D eigenvalue weighted by Gasteiger charge is 2.33. The highest BCUT2D eigenvalue weighted by molar-refractivity contribution is 7.10. The second-order valence-electron chi connectivity index (χ2n) is 7.59. The van der Waals surface area contributed by atoms with Crippen LogP contribution in [0.3, 0.4) is 0 Å². The van der Waals surface area contributed by atoms with Crippen molar-refractivity contribution in [2.75, 3.05) is 39.3 Å². The Balaban J connectivity index is 1.24. The molecule has 156 valence electrons. The van der Waals surface area contributed by atoms with E-state index in [0.29, 0.717) is 38.5 Å². The van der Waals surface area contributed by atoms with Crippen LogP contribution in [-0.4, -0.2) is 65.8 Å². The molecule has 0 spiro atoms. The summed E-state index contributed by atoms with van der Waals surface area (Å²) in [7, 11) is 0. The van der Waals surface area contributed by atoms with E-state index in [1.165, 1.54) is 21.6 Å². The number of fused-ring (bicyclic) bond motifs is 1. The van der Waals surface area contributed by atoms with Gasteiger partial charge < -0.3 is 14.2 Å². The fourth-order valence-corrected chi connectivity index (χ4v) is 6.09. The third kappa shape index (κ3) is 3.71. The number of carbonyl (C=O) groups is 2. The van der Waals surface area contributed by atoms with E-state index in [-0.39, 0.29) is 17.9 Å². The number of thiophene rings is 2. The summed E-state index contributed by atoms with van der Waals surface area (Å²) in [4.78, 5) is 34.2. The maximum absolute atomic E-state index is 13.1. The number of rotatable bonds is 4. The molecule has 5 heterocycles. The van der Waals surface area contributed by atoms with Crippen LogP contribution in [0.5, 0.6) is 0 Å². The van der Waals surface area contributed by atoms with E-state index in [0.717, 1.165) is 13.0 Å². The second-order valence-corrected chi connectivity index (χ2v) is 9.57. The zero-order valence-corrected chi connectivity index (χ0v) is 18.2. The first-order chi connectivity index (χ1) is 14.7. The van der Waals surface area contributed by atoms with Crippen LogP contribution >= 0.6 is 22.7 Å². The number of hydrogen-bond acceptors (Lipinski definition) is 6. The number of carbonyl (C=O) groups excluding carboxylic acids is 2. The number of piperazine rings is 1. The van der Waals surface area contributed by atoms with Crippen molar-refractivity contribution in [3.8, 4) is 0 Å². The van der Waals surface area contributed by atoms with Gasteiger partial charge in [0.15, 0.2) is 5.76 Å². The number of furan rings is 1. The average molecular weight is 442 g/mol. The Kier molecular flexibility index (Phi) is 5.45. The third-order valence-electron chi connectivity index (χ3n) is 5.87. The summed E-state index contributed by atoms with van der Waals surface area (Å²) in [6, 6.07) is 10.0. The first-order valence-corrected chi connectivity index (χ1v) is 11.9. The Morgan fingerprint density at radius 3 is 2.53 bits per heavy atom. The molecule has 3 aromatic heterocycles. The van der Waals surface area contributed by atoms with Crippen molar-refractivity contribution < 1.29 is 14.0 Å². The van der Waals surface area contributed by atoms with Crippen molar-refractivity contribution in [1.82, 2.24) is 14.7 Å². The smallest absolute Gasteiger partial charge is 0.289 e. The molecule has 5 rings (SSSR count). The molecule has 8 heteroatoms. The number of nitrogens with zero attached hydrogens (tertiary/aromatic N) is 3. The largest absolute Gasteiger partial charge is 0.459 e. The second kappa shape index (κ2) is 8.37. The summed E-state index contributed by atoms with van der Waals surface area (Å²) in [5.74, 6) is 0.389. The van der Waals surface area contributed by atoms with Crippen LogP contribution in [0, 0.1) is 0 Å². The van der Waals surface area contributed by atoms with Crippen molar-refractivity contribution in [1.29, 1.82) is 0 Å². The molecule has 1 atom stereocenters. The van der Waals surface area contributed by atoms with Crippen LogP contribution in [0.4, 0.5) is 0 Å². The molecule has 30 heavy (non-hydrogen) atoms. The van der Waals surface area contributed by atoms with Crippen LogP contribution in [0.15, 0.2) is 51.8 Å². The van der Waals surface area contributed by atoms with Gasteiger partial charge in [-0.3, -0.25) is 14.5 Å². The van der Waals surface area contributed by atoms with Crippen molar-refractivity contribution in [2.45, 2.75) is 12.5 Å². The highest BCUT2D eigenvalue weighted by Crippen LogP contribution is 2.39. The van der Waals surface area contributed by atoms with E-state index in [1.54, 1.807) is 28.4 Å². The number of amides is 2. The fourth-order valence-electron chi connectivity index (χ4n) is 4.31. The molecule has 1 fully saturated rings. The van der Waals surface area contributed by atoms with Gasteiger partial charge in [-0.05, 0) is 47.0 Å². The van der Waals surface area contributed by atoms with Crippen molar-refractivity contribution >= 4 is 34.5 Å². The van der Waals surface area contributed by atoms with E-state index < -0.39 is 0 Å². The minimum Gasteiger partial charge on any atom is -0.459 e. The van der Waals surface area contributed by atoms with E-state index in [4.69, 9.17) is 4.42 Å². The molecular formula is C22H23N3O3S2. The first-order valence-electron chi connectivity index (χ1n) is 10.1. The summed E-state index contributed by atoms with van der Waals surface area (Å²) in [6.07, 6.45) is 2.50. The van der Waals surface area contributed by atoms with Crippen LogP contribution in [0.25, 0.3) is 0 Å². The normalized spacial score (nSPS) is 19.7. The van der Waals surface area contributed by atoms with E-state index >= 15 is 0 Å². The van der Waals surface area contributed by atoms with Crippen molar-refractivity contribution in [3.63, 3.8) is 0 Å². The minimum absolute atomic E-state index is 0.106. The van der Waals surface area contributed by atoms with E-state index in [1.807, 2.05) is 16.2 Å². The van der Waals surface area contributed by atoms with Gasteiger partial charge in [0.2, 0.25) is 5.91 Å². The zero-order valence-electron chi connectivity index (χ0n) is 16.5. The monoisotopic (exact) mass is 441 g/mol. The molecule has 0 N–H and O–H groups in total. The van der Waals surface area contributed by atoms with Gasteiger partial charge in [-0.25, -0.2) is 0 Å². The molecule has 0 saturated carbocycles. The standard InChI is InChI=1S/C22H23N3O3S2/c26-20(23-8-10-24(11-9-23)22(27)17-3-1-12-28-17)15-25-7-5-18-16(6-14-30-18)21(25)19-4-2-13-29-19/h1-4,6,12-14,21H,5,7-11,15H2/t21-/m0/s1. The fraction of sp³-hybridized carbons (Fsp3) is 0.364. The summed E-state index contributed by atoms with van der Waals surface area (Å²) < 4.78 is 5.22. The molecule has 6 nitrogen and oxygen atoms in total. The molecule has 2 aliphatic rings. The molecule has 0 aliphatic carbocycles. The van der Waals surface area contributed by atoms with Crippen molar-refractivity contribution in [3.05, 3.63) is 68.4 Å². The van der Waals surface area contributed by atoms with E-state index in [2.05, 4.69) is 33.9 Å². The Bertz CT molecular complexity index is 1000. The Hall–Kier alpha value is -2.42. The van der Waals surface area contributed by atoms with Crippen molar-refractivity contribution in [2.24, 2.45) is 0 Å². The predicted molar refractivity (Wildman–Crippen MR) is 117 cm³/mol. The Labute approximate surface area is 183 Å². The molecule has 1 saturated heterocycles. The highest BCUT2D eigenvalue weighted by atomic mass is 32.1. The molecule has 0 bridgehead atoms. The molecule has 0 radical (unpaired) electrons. The summed E-state index contributed by atoms with van der Waals surface area (Å²) in [5.41, 5.74) is 1.34. The van der Waals surface area contributed by atoms with Gasteiger partial charge in [0, 0.05) is 42.5 Å². The maximum atomic E-state index is 13.1. The molecule has 3 aromatic rings. The molecular weight excluding hydrogens is 418 g/mol. The lowest BCUT2D eigenvalue weighted by atomic mass is 9.98. The average Bonchev–Trinajstić information content (AvgIpc) is 3.55. The van der Waals surface area contributed by atoms with Gasteiger partial charge in [-0.15, -0.1) is 22.7 Å². The van der Waals surface area contributed by atoms with Gasteiger partial charge in [0.1, 0.15) is 0 Å². The lowest BCUT2D eigenvalue weighted by Gasteiger charge is -2.38. The third-order valence-corrected chi connectivity index (χ3v) is 7.79. The summed E-state index contributed by atoms with van der Waals surface area (Å²) in [5, 5.41) is 4.26. The van der Waals surface area contributed by atoms with Gasteiger partial charge in [0.25, 0.3) is 5.91 Å². The Morgan fingerprint density at radius 2 is 1.80 bits per heavy atom. The lowest BCUT2D eigenvalue weighted by molar-refractivity contribution is -0.134. The maximum Gasteiger partial charge on any atom is 0.289 e. The SMILES string of the molecule is O=C(CN1CCc2sccc2[C@H]1c1cccs1)N1CCN(C(=O)c2ccco2)CC1. The van der Waals surface area contributed by atoms with Gasteiger partial charge in [0.05, 0.1) is 18.8 Å². The number of hydrogen-bond donors (Lipinski definition) is 0. The Morgan fingerprint density at radius 1 is 0.967 bits per heavy atom. The van der Waals surface area contributed by atoms with Gasteiger partial charge in [-0.1, -0.05) is 6.07 Å². The molecule has 2 amide bonds. The first kappa shape index (κ1) is 19.5. The molecule has 2 aliphatic heterocycles. The van der Waals surface area contributed by atoms with Gasteiger partial charge >= 0.3 is 0 Å². The topological polar surface area (TPSA) is 57.0 Å². The van der Waals surface area contributed by atoms with Crippen LogP contribution in [-0.2, 0) is 11.2 Å². The molecule has 0 unspecified atom stereocenters. The van der Waals surface area contributed by atoms with E-state index in [9.17, 15) is 9.59 Å². The van der Waals surface area contributed by atoms with Crippen LogP contribution in [0.1, 0.15) is 31.9 Å². The quantitative estimate of drug-likeness (QED) is 0.623. The molecule has 0 aromatic carbocycles. The van der Waals surface area contributed by atoms with Gasteiger partial charge in [-0.2, -0.15) is 0 Å². The lowest BCUT2D eigenvalue weighted by Crippen LogP contribution is -2.53. The summed E-state index contributed by atoms with van der Waals surface area (Å²) >= 11 is 3.56. The van der Waals surface area contributed by atoms with Crippen LogP contribution < -0.4 is 0 Å².